The number of benzene rings is 1. The highest BCUT2D eigenvalue weighted by atomic mass is 16.1. The fourth-order valence-electron chi connectivity index (χ4n) is 2.98. The number of carbonyl (C=O) groups excluding carboxylic acids is 1. The highest BCUT2D eigenvalue weighted by molar-refractivity contribution is 5.85. The van der Waals surface area contributed by atoms with Crippen molar-refractivity contribution in [1.29, 1.82) is 0 Å². The van der Waals surface area contributed by atoms with Crippen LogP contribution in [0.2, 0.25) is 0 Å². The molecule has 0 aliphatic heterocycles. The second-order valence-electron chi connectivity index (χ2n) is 5.97. The van der Waals surface area contributed by atoms with E-state index in [-0.39, 0.29) is 5.91 Å². The molecule has 1 aromatic carbocycles. The number of hydrogen-bond donors (Lipinski definition) is 1. The lowest BCUT2D eigenvalue weighted by Crippen LogP contribution is -2.29. The predicted octanol–water partition coefficient (Wildman–Crippen LogP) is 3.74. The Bertz CT molecular complexity index is 841. The van der Waals surface area contributed by atoms with Crippen LogP contribution < -0.4 is 10.3 Å². The average molecular weight is 336 g/mol. The fourth-order valence-corrected chi connectivity index (χ4v) is 2.98. The van der Waals surface area contributed by atoms with Gasteiger partial charge in [0, 0.05) is 43.5 Å². The fraction of sp³-hybridized carbons (Fsp3) is 0.300. The van der Waals surface area contributed by atoms with Gasteiger partial charge in [-0.25, -0.2) is 0 Å². The van der Waals surface area contributed by atoms with Gasteiger partial charge in [0.05, 0.1) is 11.2 Å². The maximum absolute atomic E-state index is 11.7. The summed E-state index contributed by atoms with van der Waals surface area (Å²) < 4.78 is 2.18. The summed E-state index contributed by atoms with van der Waals surface area (Å²) >= 11 is 0. The van der Waals surface area contributed by atoms with Crippen molar-refractivity contribution in [3.05, 3.63) is 60.6 Å². The lowest BCUT2D eigenvalue weighted by molar-refractivity contribution is -0.120. The monoisotopic (exact) mass is 336 g/mol. The van der Waals surface area contributed by atoms with E-state index >= 15 is 0 Å². The van der Waals surface area contributed by atoms with Gasteiger partial charge in [0.25, 0.3) is 0 Å². The van der Waals surface area contributed by atoms with Crippen LogP contribution in [0.15, 0.2) is 55.0 Å². The van der Waals surface area contributed by atoms with Gasteiger partial charge in [0.2, 0.25) is 5.91 Å². The number of rotatable bonds is 7. The van der Waals surface area contributed by atoms with Crippen LogP contribution >= 0.6 is 0 Å². The first-order valence-corrected chi connectivity index (χ1v) is 8.78. The Labute approximate surface area is 148 Å². The lowest BCUT2D eigenvalue weighted by atomic mass is 10.2. The second-order valence-corrected chi connectivity index (χ2v) is 5.97. The molecule has 0 aliphatic rings. The number of hydrogen-bond acceptors (Lipinski definition) is 3. The largest absolute Gasteiger partial charge is 0.352 e. The minimum absolute atomic E-state index is 0.0661. The van der Waals surface area contributed by atoms with E-state index in [9.17, 15) is 4.79 Å². The van der Waals surface area contributed by atoms with E-state index in [1.54, 1.807) is 0 Å². The molecule has 0 aliphatic carbocycles. The molecule has 0 fully saturated rings. The first kappa shape index (κ1) is 17.0. The standard InChI is InChI=1S/C20H24N4O/c1-3-13-23(17-9-11-21-12-10-17)24-15-16(14-22-20(25)4-2)18-7-5-6-8-19(18)24/h5-12,15H,3-4,13-14H2,1-2H3,(H,22,25). The number of anilines is 1. The molecule has 0 bridgehead atoms. The highest BCUT2D eigenvalue weighted by Gasteiger charge is 2.14. The van der Waals surface area contributed by atoms with Gasteiger partial charge in [0.15, 0.2) is 0 Å². The van der Waals surface area contributed by atoms with Crippen LogP contribution in [-0.2, 0) is 11.3 Å². The third kappa shape index (κ3) is 3.65. The zero-order valence-corrected chi connectivity index (χ0v) is 14.8. The molecule has 1 amide bonds. The van der Waals surface area contributed by atoms with Crippen molar-refractivity contribution in [2.75, 3.05) is 11.6 Å². The molecule has 5 nitrogen and oxygen atoms in total. The van der Waals surface area contributed by atoms with Gasteiger partial charge in [-0.05, 0) is 30.2 Å². The Balaban J connectivity index is 2.03. The Morgan fingerprint density at radius 1 is 1.16 bits per heavy atom. The van der Waals surface area contributed by atoms with Crippen LogP contribution in [0.3, 0.4) is 0 Å². The van der Waals surface area contributed by atoms with E-state index < -0.39 is 0 Å². The summed E-state index contributed by atoms with van der Waals surface area (Å²) in [6.07, 6.45) is 7.27. The van der Waals surface area contributed by atoms with Crippen LogP contribution in [0.25, 0.3) is 10.9 Å². The van der Waals surface area contributed by atoms with Crippen LogP contribution in [0.4, 0.5) is 5.69 Å². The number of carbonyl (C=O) groups is 1. The Kier molecular flexibility index (Phi) is 5.33. The molecule has 2 heterocycles. The molecule has 3 aromatic rings. The van der Waals surface area contributed by atoms with Crippen LogP contribution in [0, 0.1) is 0 Å². The molecule has 3 rings (SSSR count). The van der Waals surface area contributed by atoms with E-state index in [2.05, 4.69) is 45.2 Å². The van der Waals surface area contributed by atoms with Crippen molar-refractivity contribution < 1.29 is 4.79 Å². The quantitative estimate of drug-likeness (QED) is 0.715. The minimum Gasteiger partial charge on any atom is -0.352 e. The number of nitrogens with one attached hydrogen (secondary N) is 1. The normalized spacial score (nSPS) is 10.8. The first-order valence-electron chi connectivity index (χ1n) is 8.78. The Morgan fingerprint density at radius 3 is 2.64 bits per heavy atom. The second kappa shape index (κ2) is 7.83. The van der Waals surface area contributed by atoms with E-state index in [1.807, 2.05) is 43.6 Å². The Hall–Kier alpha value is -2.82. The molecule has 25 heavy (non-hydrogen) atoms. The van der Waals surface area contributed by atoms with Crippen LogP contribution in [0.5, 0.6) is 0 Å². The molecule has 130 valence electrons. The summed E-state index contributed by atoms with van der Waals surface area (Å²) in [6.45, 7) is 5.47. The molecular weight excluding hydrogens is 312 g/mol. The molecule has 0 saturated carbocycles. The topological polar surface area (TPSA) is 50.2 Å². The van der Waals surface area contributed by atoms with Crippen molar-refractivity contribution in [3.63, 3.8) is 0 Å². The minimum atomic E-state index is 0.0661. The van der Waals surface area contributed by atoms with Gasteiger partial charge in [-0.2, -0.15) is 0 Å². The van der Waals surface area contributed by atoms with Gasteiger partial charge in [0.1, 0.15) is 0 Å². The number of nitrogens with zero attached hydrogens (tertiary/aromatic N) is 3. The van der Waals surface area contributed by atoms with Gasteiger partial charge in [-0.3, -0.25) is 19.5 Å². The summed E-state index contributed by atoms with van der Waals surface area (Å²) in [6, 6.07) is 12.3. The number of fused-ring (bicyclic) bond motifs is 1. The number of aromatic nitrogens is 2. The number of pyridine rings is 1. The van der Waals surface area contributed by atoms with Crippen LogP contribution in [0.1, 0.15) is 32.3 Å². The van der Waals surface area contributed by atoms with Gasteiger partial charge < -0.3 is 5.32 Å². The lowest BCUT2D eigenvalue weighted by Gasteiger charge is -2.26. The molecule has 0 atom stereocenters. The summed E-state index contributed by atoms with van der Waals surface area (Å²) in [7, 11) is 0. The van der Waals surface area contributed by atoms with Gasteiger partial charge >= 0.3 is 0 Å². The maximum Gasteiger partial charge on any atom is 0.219 e. The molecule has 0 unspecified atom stereocenters. The van der Waals surface area contributed by atoms with Crippen molar-refractivity contribution >= 4 is 22.5 Å². The summed E-state index contributed by atoms with van der Waals surface area (Å²) in [5.41, 5.74) is 3.35. The van der Waals surface area contributed by atoms with E-state index in [0.29, 0.717) is 13.0 Å². The number of para-hydroxylation sites is 1. The summed E-state index contributed by atoms with van der Waals surface area (Å²) in [5, 5.41) is 6.39. The first-order chi connectivity index (χ1) is 12.2. The highest BCUT2D eigenvalue weighted by Crippen LogP contribution is 2.25. The van der Waals surface area contributed by atoms with Gasteiger partial charge in [-0.15, -0.1) is 0 Å². The summed E-state index contributed by atoms with van der Waals surface area (Å²) in [4.78, 5) is 15.8. The van der Waals surface area contributed by atoms with E-state index in [0.717, 1.165) is 35.1 Å². The van der Waals surface area contributed by atoms with Crippen LogP contribution in [-0.4, -0.2) is 22.1 Å². The molecule has 1 N–H and O–H groups in total. The zero-order chi connectivity index (χ0) is 17.6. The summed E-state index contributed by atoms with van der Waals surface area (Å²) in [5.74, 6) is 0.0661. The molecular formula is C20H24N4O. The molecule has 5 heteroatoms. The smallest absolute Gasteiger partial charge is 0.219 e. The van der Waals surface area contributed by atoms with Crippen molar-refractivity contribution in [1.82, 2.24) is 15.0 Å². The van der Waals surface area contributed by atoms with Crippen molar-refractivity contribution in [2.24, 2.45) is 0 Å². The predicted molar refractivity (Wildman–Crippen MR) is 101 cm³/mol. The van der Waals surface area contributed by atoms with E-state index in [4.69, 9.17) is 0 Å². The molecule has 0 spiro atoms. The average Bonchev–Trinajstić information content (AvgIpc) is 3.03. The van der Waals surface area contributed by atoms with E-state index in [1.165, 1.54) is 0 Å². The molecule has 2 aromatic heterocycles. The van der Waals surface area contributed by atoms with Crippen molar-refractivity contribution in [3.8, 4) is 0 Å². The molecule has 0 saturated heterocycles. The SMILES string of the molecule is CCCN(c1ccncc1)n1cc(CNC(=O)CC)c2ccccc21. The molecule has 0 radical (unpaired) electrons. The third-order valence-corrected chi connectivity index (χ3v) is 4.23. The van der Waals surface area contributed by atoms with Crippen molar-refractivity contribution in [2.45, 2.75) is 33.2 Å². The zero-order valence-electron chi connectivity index (χ0n) is 14.8. The number of amides is 1. The third-order valence-electron chi connectivity index (χ3n) is 4.23. The Morgan fingerprint density at radius 2 is 1.92 bits per heavy atom. The van der Waals surface area contributed by atoms with Gasteiger partial charge in [-0.1, -0.05) is 32.0 Å². The maximum atomic E-state index is 11.7.